The van der Waals surface area contributed by atoms with Gasteiger partial charge in [0.15, 0.2) is 6.10 Å². The molecular formula is C15H24O5. The molecule has 0 saturated carbocycles. The van der Waals surface area contributed by atoms with E-state index in [1.165, 1.54) is 6.08 Å². The van der Waals surface area contributed by atoms with Gasteiger partial charge < -0.3 is 14.9 Å². The zero-order chi connectivity index (χ0) is 15.4. The first kappa shape index (κ1) is 16.9. The topological polar surface area (TPSA) is 83.8 Å². The summed E-state index contributed by atoms with van der Waals surface area (Å²) in [7, 11) is 0. The predicted molar refractivity (Wildman–Crippen MR) is 73.8 cm³/mol. The minimum Gasteiger partial charge on any atom is -0.454 e. The van der Waals surface area contributed by atoms with Crippen LogP contribution in [0.25, 0.3) is 0 Å². The summed E-state index contributed by atoms with van der Waals surface area (Å²) in [6.45, 7) is 7.04. The molecule has 0 aromatic rings. The van der Waals surface area contributed by atoms with E-state index in [0.717, 1.165) is 0 Å². The van der Waals surface area contributed by atoms with E-state index in [9.17, 15) is 14.7 Å². The summed E-state index contributed by atoms with van der Waals surface area (Å²) in [5.74, 6) is -1.23. The fourth-order valence-electron chi connectivity index (χ4n) is 2.47. The molecule has 0 aromatic carbocycles. The first-order valence-electron chi connectivity index (χ1n) is 7.01. The van der Waals surface area contributed by atoms with Gasteiger partial charge in [0.2, 0.25) is 5.78 Å². The van der Waals surface area contributed by atoms with Crippen LogP contribution in [0.15, 0.2) is 11.6 Å². The quantitative estimate of drug-likeness (QED) is 0.738. The van der Waals surface area contributed by atoms with E-state index in [-0.39, 0.29) is 23.8 Å². The maximum Gasteiger partial charge on any atom is 0.306 e. The van der Waals surface area contributed by atoms with Crippen LogP contribution in [0.3, 0.4) is 0 Å². The molecule has 0 saturated heterocycles. The second-order valence-corrected chi connectivity index (χ2v) is 6.03. The van der Waals surface area contributed by atoms with E-state index in [2.05, 4.69) is 0 Å². The number of aliphatic hydroxyl groups excluding tert-OH is 2. The number of carbonyl (C=O) groups excluding carboxylic acids is 2. The lowest BCUT2D eigenvalue weighted by Crippen LogP contribution is -2.47. The maximum absolute atomic E-state index is 12.2. The van der Waals surface area contributed by atoms with Crippen molar-refractivity contribution in [1.29, 1.82) is 0 Å². The summed E-state index contributed by atoms with van der Waals surface area (Å²) >= 11 is 0. The third-order valence-electron chi connectivity index (χ3n) is 3.46. The first-order valence-corrected chi connectivity index (χ1v) is 7.01. The normalized spacial score (nSPS) is 26.9. The molecule has 114 valence electrons. The minimum atomic E-state index is -1.01. The van der Waals surface area contributed by atoms with Crippen molar-refractivity contribution in [3.63, 3.8) is 0 Å². The van der Waals surface area contributed by atoms with Gasteiger partial charge in [0.1, 0.15) is 0 Å². The third kappa shape index (κ3) is 3.90. The molecule has 1 aliphatic carbocycles. The predicted octanol–water partition coefficient (Wildman–Crippen LogP) is 1.08. The van der Waals surface area contributed by atoms with Gasteiger partial charge in [-0.05, 0) is 17.9 Å². The molecule has 1 aliphatic rings. The molecule has 0 unspecified atom stereocenters. The highest BCUT2D eigenvalue weighted by Crippen LogP contribution is 2.30. The minimum absolute atomic E-state index is 0.0257. The van der Waals surface area contributed by atoms with Crippen molar-refractivity contribution >= 4 is 11.8 Å². The van der Waals surface area contributed by atoms with E-state index in [4.69, 9.17) is 9.84 Å². The summed E-state index contributed by atoms with van der Waals surface area (Å²) in [5.41, 5.74) is 0.108. The number of ketones is 1. The van der Waals surface area contributed by atoms with Crippen LogP contribution in [-0.4, -0.2) is 40.8 Å². The Balaban J connectivity index is 2.96. The second kappa shape index (κ2) is 6.99. The molecule has 0 spiro atoms. The van der Waals surface area contributed by atoms with Gasteiger partial charge in [-0.3, -0.25) is 9.59 Å². The van der Waals surface area contributed by atoms with Crippen LogP contribution < -0.4 is 0 Å². The van der Waals surface area contributed by atoms with Crippen molar-refractivity contribution in [2.45, 2.75) is 46.3 Å². The molecule has 0 heterocycles. The third-order valence-corrected chi connectivity index (χ3v) is 3.46. The Morgan fingerprint density at radius 2 is 1.95 bits per heavy atom. The Labute approximate surface area is 119 Å². The molecule has 0 aromatic heterocycles. The molecule has 0 fully saturated rings. The molecule has 20 heavy (non-hydrogen) atoms. The lowest BCUT2D eigenvalue weighted by Gasteiger charge is -2.35. The number of aliphatic hydroxyl groups is 2. The zero-order valence-electron chi connectivity index (χ0n) is 12.5. The van der Waals surface area contributed by atoms with Crippen LogP contribution in [0, 0.1) is 17.8 Å². The summed E-state index contributed by atoms with van der Waals surface area (Å²) in [5, 5.41) is 19.3. The lowest BCUT2D eigenvalue weighted by atomic mass is 9.77. The van der Waals surface area contributed by atoms with Crippen LogP contribution in [0.5, 0.6) is 0 Å². The highest BCUT2D eigenvalue weighted by Gasteiger charge is 2.42. The van der Waals surface area contributed by atoms with E-state index in [1.807, 2.05) is 27.7 Å². The Kier molecular flexibility index (Phi) is 5.89. The number of esters is 1. The molecule has 0 aliphatic heterocycles. The van der Waals surface area contributed by atoms with Crippen molar-refractivity contribution in [3.8, 4) is 0 Å². The standard InChI is InChI=1S/C15H24O5/c1-8(2)5-12(18)20-15-13(9(3)4)11(17)6-10(7-16)14(15)19/h6,8-9,11,13,15-17H,5,7H2,1-4H3/t11-,13+,15-/m0/s1. The average Bonchev–Trinajstić information content (AvgIpc) is 2.31. The summed E-state index contributed by atoms with van der Waals surface area (Å²) in [4.78, 5) is 24.0. The molecule has 0 radical (unpaired) electrons. The maximum atomic E-state index is 12.2. The summed E-state index contributed by atoms with van der Waals surface area (Å²) < 4.78 is 5.29. The van der Waals surface area contributed by atoms with Gasteiger partial charge in [0, 0.05) is 17.9 Å². The van der Waals surface area contributed by atoms with Crippen LogP contribution in [0.4, 0.5) is 0 Å². The number of rotatable bonds is 5. The molecule has 1 rings (SSSR count). The van der Waals surface area contributed by atoms with Crippen molar-refractivity contribution in [2.75, 3.05) is 6.61 Å². The molecule has 0 bridgehead atoms. The van der Waals surface area contributed by atoms with Gasteiger partial charge in [-0.15, -0.1) is 0 Å². The van der Waals surface area contributed by atoms with Crippen LogP contribution >= 0.6 is 0 Å². The zero-order valence-corrected chi connectivity index (χ0v) is 12.5. The molecule has 5 nitrogen and oxygen atoms in total. The lowest BCUT2D eigenvalue weighted by molar-refractivity contribution is -0.162. The van der Waals surface area contributed by atoms with Gasteiger partial charge in [0.05, 0.1) is 12.7 Å². The summed E-state index contributed by atoms with van der Waals surface area (Å²) in [6, 6.07) is 0. The van der Waals surface area contributed by atoms with Gasteiger partial charge in [-0.1, -0.05) is 27.7 Å². The molecule has 2 N–H and O–H groups in total. The Hall–Kier alpha value is -1.20. The van der Waals surface area contributed by atoms with Gasteiger partial charge in [-0.2, -0.15) is 0 Å². The monoisotopic (exact) mass is 284 g/mol. The summed E-state index contributed by atoms with van der Waals surface area (Å²) in [6.07, 6.45) is -0.321. The smallest absolute Gasteiger partial charge is 0.306 e. The van der Waals surface area contributed by atoms with E-state index in [1.54, 1.807) is 0 Å². The van der Waals surface area contributed by atoms with E-state index >= 15 is 0 Å². The highest BCUT2D eigenvalue weighted by molar-refractivity contribution is 6.01. The average molecular weight is 284 g/mol. The second-order valence-electron chi connectivity index (χ2n) is 6.03. The van der Waals surface area contributed by atoms with Crippen molar-refractivity contribution < 1.29 is 24.5 Å². The Morgan fingerprint density at radius 1 is 1.35 bits per heavy atom. The van der Waals surface area contributed by atoms with Crippen molar-refractivity contribution in [1.82, 2.24) is 0 Å². The number of hydrogen-bond donors (Lipinski definition) is 2. The van der Waals surface area contributed by atoms with E-state index in [0.29, 0.717) is 0 Å². The SMILES string of the molecule is CC(C)CC(=O)O[C@@H]1C(=O)C(CO)=C[C@H](O)[C@H]1C(C)C. The van der Waals surface area contributed by atoms with Crippen molar-refractivity contribution in [2.24, 2.45) is 17.8 Å². The van der Waals surface area contributed by atoms with Crippen LogP contribution in [0.1, 0.15) is 34.1 Å². The first-order chi connectivity index (χ1) is 9.27. The number of hydrogen-bond acceptors (Lipinski definition) is 5. The fraction of sp³-hybridized carbons (Fsp3) is 0.733. The largest absolute Gasteiger partial charge is 0.454 e. The number of carbonyl (C=O) groups is 2. The Bertz CT molecular complexity index is 397. The van der Waals surface area contributed by atoms with Gasteiger partial charge in [-0.25, -0.2) is 0 Å². The van der Waals surface area contributed by atoms with E-state index < -0.39 is 36.5 Å². The van der Waals surface area contributed by atoms with Crippen LogP contribution in [0.2, 0.25) is 0 Å². The van der Waals surface area contributed by atoms with Gasteiger partial charge in [0.25, 0.3) is 0 Å². The highest BCUT2D eigenvalue weighted by atomic mass is 16.5. The molecular weight excluding hydrogens is 260 g/mol. The number of ether oxygens (including phenoxy) is 1. The molecule has 0 amide bonds. The Morgan fingerprint density at radius 3 is 2.40 bits per heavy atom. The molecule has 5 heteroatoms. The van der Waals surface area contributed by atoms with Gasteiger partial charge >= 0.3 is 5.97 Å². The fourth-order valence-corrected chi connectivity index (χ4v) is 2.47. The molecule has 3 atom stereocenters. The van der Waals surface area contributed by atoms with Crippen molar-refractivity contribution in [3.05, 3.63) is 11.6 Å². The van der Waals surface area contributed by atoms with Crippen LogP contribution in [-0.2, 0) is 14.3 Å². The number of Topliss-reactive ketones (excluding diaryl/α,β-unsaturated/α-hetero) is 1.